The van der Waals surface area contributed by atoms with E-state index in [2.05, 4.69) is 35.3 Å². The average molecular weight is 240 g/mol. The molecule has 0 saturated carbocycles. The van der Waals surface area contributed by atoms with Crippen LogP contribution in [0.2, 0.25) is 0 Å². The van der Waals surface area contributed by atoms with Gasteiger partial charge < -0.3 is 19.7 Å². The van der Waals surface area contributed by atoms with Crippen LogP contribution in [-0.4, -0.2) is 36.0 Å². The van der Waals surface area contributed by atoms with Gasteiger partial charge in [-0.3, -0.25) is 0 Å². The molecule has 4 nitrogen and oxygen atoms in total. The number of rotatable bonds is 9. The van der Waals surface area contributed by atoms with E-state index in [-0.39, 0.29) is 12.6 Å². The molecule has 0 aliphatic rings. The summed E-state index contributed by atoms with van der Waals surface area (Å²) in [7, 11) is 1.68. The van der Waals surface area contributed by atoms with Crippen LogP contribution in [0, 0.1) is 0 Å². The Morgan fingerprint density at radius 2 is 2.35 bits per heavy atom. The molecule has 0 aliphatic carbocycles. The summed E-state index contributed by atoms with van der Waals surface area (Å²) in [5.41, 5.74) is 1.26. The Kier molecular flexibility index (Phi) is 6.93. The Morgan fingerprint density at radius 3 is 3.00 bits per heavy atom. The minimum Gasteiger partial charge on any atom is -0.395 e. The Labute approximate surface area is 104 Å². The molecule has 4 heteroatoms. The maximum atomic E-state index is 9.20. The number of hydrogen-bond acceptors (Lipinski definition) is 3. The molecular formula is C13H24N2O2. The first kappa shape index (κ1) is 14.2. The zero-order valence-corrected chi connectivity index (χ0v) is 10.9. The second-order valence-electron chi connectivity index (χ2n) is 4.30. The lowest BCUT2D eigenvalue weighted by atomic mass is 10.2. The van der Waals surface area contributed by atoms with E-state index in [9.17, 15) is 5.11 Å². The predicted octanol–water partition coefficient (Wildman–Crippen LogP) is 1.39. The van der Waals surface area contributed by atoms with Gasteiger partial charge in [0.2, 0.25) is 0 Å². The smallest absolute Gasteiger partial charge is 0.0585 e. The molecule has 2 N–H and O–H groups in total. The van der Waals surface area contributed by atoms with Gasteiger partial charge in [-0.2, -0.15) is 0 Å². The zero-order valence-electron chi connectivity index (χ0n) is 10.9. The molecule has 0 fully saturated rings. The summed E-state index contributed by atoms with van der Waals surface area (Å²) in [6.07, 6.45) is 6.24. The van der Waals surface area contributed by atoms with Gasteiger partial charge in [0.1, 0.15) is 0 Å². The van der Waals surface area contributed by atoms with E-state index in [0.29, 0.717) is 6.61 Å². The standard InChI is InChI=1S/C13H24N2O2/c1-3-6-15-7-4-12(10-15)9-14-13(11-16)5-8-17-2/h4,7,10,13-14,16H,3,5-6,8-9,11H2,1-2H3. The summed E-state index contributed by atoms with van der Waals surface area (Å²) in [4.78, 5) is 0. The minimum absolute atomic E-state index is 0.115. The lowest BCUT2D eigenvalue weighted by Gasteiger charge is -2.15. The molecule has 1 unspecified atom stereocenters. The molecule has 1 aromatic rings. The van der Waals surface area contributed by atoms with Gasteiger partial charge in [-0.1, -0.05) is 6.92 Å². The Hall–Kier alpha value is -0.840. The van der Waals surface area contributed by atoms with Crippen LogP contribution in [-0.2, 0) is 17.8 Å². The SMILES string of the molecule is CCCn1ccc(CNC(CO)CCOC)c1. The van der Waals surface area contributed by atoms with Gasteiger partial charge in [0.05, 0.1) is 6.61 Å². The van der Waals surface area contributed by atoms with Gasteiger partial charge in [0.15, 0.2) is 0 Å². The van der Waals surface area contributed by atoms with Crippen LogP contribution in [0.3, 0.4) is 0 Å². The molecular weight excluding hydrogens is 216 g/mol. The Balaban J connectivity index is 2.31. The molecule has 1 atom stereocenters. The normalized spacial score (nSPS) is 12.9. The second-order valence-corrected chi connectivity index (χ2v) is 4.30. The highest BCUT2D eigenvalue weighted by molar-refractivity contribution is 5.10. The monoisotopic (exact) mass is 240 g/mol. The van der Waals surface area contributed by atoms with Crippen LogP contribution in [0.1, 0.15) is 25.3 Å². The van der Waals surface area contributed by atoms with E-state index >= 15 is 0 Å². The lowest BCUT2D eigenvalue weighted by Crippen LogP contribution is -2.32. The highest BCUT2D eigenvalue weighted by Gasteiger charge is 2.06. The van der Waals surface area contributed by atoms with Crippen molar-refractivity contribution in [3.05, 3.63) is 24.0 Å². The molecule has 1 aromatic heterocycles. The number of methoxy groups -OCH3 is 1. The first-order valence-corrected chi connectivity index (χ1v) is 6.28. The summed E-state index contributed by atoms with van der Waals surface area (Å²) in [6, 6.07) is 2.23. The summed E-state index contributed by atoms with van der Waals surface area (Å²) in [5, 5.41) is 12.5. The second kappa shape index (κ2) is 8.28. The van der Waals surface area contributed by atoms with Gasteiger partial charge in [-0.05, 0) is 24.5 Å². The summed E-state index contributed by atoms with van der Waals surface area (Å²) < 4.78 is 7.20. The van der Waals surface area contributed by atoms with Gasteiger partial charge in [0.25, 0.3) is 0 Å². The van der Waals surface area contributed by atoms with Crippen LogP contribution in [0.5, 0.6) is 0 Å². The molecule has 0 spiro atoms. The third-order valence-electron chi connectivity index (χ3n) is 2.78. The molecule has 0 aromatic carbocycles. The summed E-state index contributed by atoms with van der Waals surface area (Å²) in [5.74, 6) is 0. The molecule has 1 rings (SSSR count). The third kappa shape index (κ3) is 5.35. The highest BCUT2D eigenvalue weighted by Crippen LogP contribution is 2.03. The number of hydrogen-bond donors (Lipinski definition) is 2. The van der Waals surface area contributed by atoms with E-state index in [1.54, 1.807) is 7.11 Å². The number of aliphatic hydroxyl groups excluding tert-OH is 1. The molecule has 0 aliphatic heterocycles. The summed E-state index contributed by atoms with van der Waals surface area (Å²) in [6.45, 7) is 4.86. The molecule has 17 heavy (non-hydrogen) atoms. The fourth-order valence-corrected chi connectivity index (χ4v) is 1.77. The maximum absolute atomic E-state index is 9.20. The fourth-order valence-electron chi connectivity index (χ4n) is 1.77. The van der Waals surface area contributed by atoms with Crippen molar-refractivity contribution < 1.29 is 9.84 Å². The van der Waals surface area contributed by atoms with E-state index < -0.39 is 0 Å². The molecule has 0 bridgehead atoms. The topological polar surface area (TPSA) is 46.4 Å². The first-order chi connectivity index (χ1) is 8.30. The largest absolute Gasteiger partial charge is 0.395 e. The van der Waals surface area contributed by atoms with Crippen LogP contribution in [0.4, 0.5) is 0 Å². The number of ether oxygens (including phenoxy) is 1. The van der Waals surface area contributed by atoms with Crippen molar-refractivity contribution in [2.45, 2.75) is 38.9 Å². The Bertz CT molecular complexity index is 299. The van der Waals surface area contributed by atoms with Gasteiger partial charge in [-0.15, -0.1) is 0 Å². The molecule has 98 valence electrons. The van der Waals surface area contributed by atoms with Gasteiger partial charge in [0, 0.05) is 45.2 Å². The first-order valence-electron chi connectivity index (χ1n) is 6.28. The van der Waals surface area contributed by atoms with Crippen molar-refractivity contribution in [2.24, 2.45) is 0 Å². The number of aliphatic hydroxyl groups is 1. The van der Waals surface area contributed by atoms with Crippen LogP contribution >= 0.6 is 0 Å². The van der Waals surface area contributed by atoms with Crippen molar-refractivity contribution in [1.82, 2.24) is 9.88 Å². The average Bonchev–Trinajstić information content (AvgIpc) is 2.78. The number of nitrogens with one attached hydrogen (secondary N) is 1. The minimum atomic E-state index is 0.115. The Morgan fingerprint density at radius 1 is 1.53 bits per heavy atom. The van der Waals surface area contributed by atoms with Gasteiger partial charge in [-0.25, -0.2) is 0 Å². The third-order valence-corrected chi connectivity index (χ3v) is 2.78. The maximum Gasteiger partial charge on any atom is 0.0585 e. The van der Waals surface area contributed by atoms with Crippen molar-refractivity contribution in [2.75, 3.05) is 20.3 Å². The zero-order chi connectivity index (χ0) is 12.5. The van der Waals surface area contributed by atoms with Gasteiger partial charge >= 0.3 is 0 Å². The summed E-state index contributed by atoms with van der Waals surface area (Å²) >= 11 is 0. The molecule has 0 radical (unpaired) electrons. The fraction of sp³-hybridized carbons (Fsp3) is 0.692. The highest BCUT2D eigenvalue weighted by atomic mass is 16.5. The van der Waals surface area contributed by atoms with Crippen molar-refractivity contribution >= 4 is 0 Å². The van der Waals surface area contributed by atoms with Crippen LogP contribution in [0.15, 0.2) is 18.5 Å². The number of nitrogens with zero attached hydrogens (tertiary/aromatic N) is 1. The number of aromatic nitrogens is 1. The van der Waals surface area contributed by atoms with Crippen LogP contribution in [0.25, 0.3) is 0 Å². The van der Waals surface area contributed by atoms with Crippen molar-refractivity contribution in [3.63, 3.8) is 0 Å². The van der Waals surface area contributed by atoms with E-state index in [0.717, 1.165) is 25.9 Å². The number of aryl methyl sites for hydroxylation is 1. The molecule has 0 amide bonds. The lowest BCUT2D eigenvalue weighted by molar-refractivity contribution is 0.159. The molecule has 1 heterocycles. The van der Waals surface area contributed by atoms with Crippen molar-refractivity contribution in [3.8, 4) is 0 Å². The quantitative estimate of drug-likeness (QED) is 0.685. The molecule has 0 saturated heterocycles. The van der Waals surface area contributed by atoms with E-state index in [1.807, 2.05) is 0 Å². The van der Waals surface area contributed by atoms with Crippen LogP contribution < -0.4 is 5.32 Å². The van der Waals surface area contributed by atoms with E-state index in [1.165, 1.54) is 5.56 Å². The van der Waals surface area contributed by atoms with Crippen molar-refractivity contribution in [1.29, 1.82) is 0 Å². The van der Waals surface area contributed by atoms with E-state index in [4.69, 9.17) is 4.74 Å². The predicted molar refractivity (Wildman–Crippen MR) is 68.9 cm³/mol.